The predicted molar refractivity (Wildman–Crippen MR) is 62.9 cm³/mol. The van der Waals surface area contributed by atoms with Crippen molar-refractivity contribution in [1.29, 1.82) is 0 Å². The molecule has 5 heteroatoms. The molecule has 1 unspecified atom stereocenters. The van der Waals surface area contributed by atoms with E-state index in [-0.39, 0.29) is 13.2 Å². The summed E-state index contributed by atoms with van der Waals surface area (Å²) in [7, 11) is 0. The highest BCUT2D eigenvalue weighted by Crippen LogP contribution is 2.16. The van der Waals surface area contributed by atoms with Gasteiger partial charge < -0.3 is 20.3 Å². The maximum absolute atomic E-state index is 9.50. The molecule has 1 aromatic rings. The Morgan fingerprint density at radius 3 is 2.94 bits per heavy atom. The first-order chi connectivity index (χ1) is 7.72. The van der Waals surface area contributed by atoms with Crippen LogP contribution in [-0.4, -0.2) is 42.6 Å². The van der Waals surface area contributed by atoms with Gasteiger partial charge >= 0.3 is 0 Å². The molecule has 0 aliphatic heterocycles. The maximum atomic E-state index is 9.50. The van der Waals surface area contributed by atoms with E-state index in [1.165, 1.54) is 0 Å². The minimum absolute atomic E-state index is 0.0574. The Morgan fingerprint density at radius 2 is 2.25 bits per heavy atom. The smallest absolute Gasteiger partial charge is 0.120 e. The van der Waals surface area contributed by atoms with Gasteiger partial charge in [0.05, 0.1) is 6.61 Å². The van der Waals surface area contributed by atoms with E-state index in [1.54, 1.807) is 24.3 Å². The van der Waals surface area contributed by atoms with Crippen LogP contribution in [0, 0.1) is 0 Å². The number of benzene rings is 1. The number of aliphatic hydroxyl groups excluding tert-OH is 2. The van der Waals surface area contributed by atoms with E-state index in [1.807, 2.05) is 0 Å². The summed E-state index contributed by atoms with van der Waals surface area (Å²) in [6, 6.07) is 7.01. The van der Waals surface area contributed by atoms with Crippen LogP contribution in [0.2, 0.25) is 5.02 Å². The summed E-state index contributed by atoms with van der Waals surface area (Å²) in [5.74, 6) is 0.633. The van der Waals surface area contributed by atoms with Gasteiger partial charge in [-0.15, -0.1) is 0 Å². The van der Waals surface area contributed by atoms with E-state index in [4.69, 9.17) is 21.4 Å². The van der Waals surface area contributed by atoms with Crippen LogP contribution in [0.4, 0.5) is 0 Å². The number of rotatable bonds is 7. The molecule has 3 N–H and O–H groups in total. The van der Waals surface area contributed by atoms with Crippen molar-refractivity contribution >= 4 is 11.6 Å². The zero-order valence-electron chi connectivity index (χ0n) is 8.90. The van der Waals surface area contributed by atoms with E-state index < -0.39 is 6.10 Å². The topological polar surface area (TPSA) is 61.7 Å². The van der Waals surface area contributed by atoms with Crippen molar-refractivity contribution in [3.8, 4) is 5.75 Å². The number of nitrogens with one attached hydrogen (secondary N) is 1. The third kappa shape index (κ3) is 5.32. The van der Waals surface area contributed by atoms with Crippen LogP contribution in [0.5, 0.6) is 5.75 Å². The standard InChI is InChI=1S/C11H16ClNO3/c12-9-2-1-3-11(6-9)16-8-10(15)7-13-4-5-14/h1-3,6,10,13-15H,4-5,7-8H2. The van der Waals surface area contributed by atoms with Crippen LogP contribution in [0.15, 0.2) is 24.3 Å². The normalized spacial score (nSPS) is 12.4. The van der Waals surface area contributed by atoms with Gasteiger partial charge in [0.2, 0.25) is 0 Å². The zero-order valence-corrected chi connectivity index (χ0v) is 9.65. The molecular weight excluding hydrogens is 230 g/mol. The van der Waals surface area contributed by atoms with E-state index in [2.05, 4.69) is 5.32 Å². The summed E-state index contributed by atoms with van der Waals surface area (Å²) in [5.41, 5.74) is 0. The van der Waals surface area contributed by atoms with Crippen molar-refractivity contribution < 1.29 is 14.9 Å². The fraction of sp³-hybridized carbons (Fsp3) is 0.455. The molecule has 0 fully saturated rings. The molecule has 1 aromatic carbocycles. The molecule has 0 saturated heterocycles. The Balaban J connectivity index is 2.23. The highest BCUT2D eigenvalue weighted by Gasteiger charge is 2.04. The van der Waals surface area contributed by atoms with Crippen LogP contribution in [-0.2, 0) is 0 Å². The first-order valence-electron chi connectivity index (χ1n) is 5.10. The highest BCUT2D eigenvalue weighted by atomic mass is 35.5. The minimum Gasteiger partial charge on any atom is -0.491 e. The molecule has 0 aromatic heterocycles. The Kier molecular flexibility index (Phi) is 6.18. The number of hydrogen-bond donors (Lipinski definition) is 3. The lowest BCUT2D eigenvalue weighted by Gasteiger charge is -2.12. The van der Waals surface area contributed by atoms with E-state index in [0.29, 0.717) is 23.9 Å². The average Bonchev–Trinajstić information content (AvgIpc) is 2.27. The van der Waals surface area contributed by atoms with Crippen LogP contribution in [0.3, 0.4) is 0 Å². The second kappa shape index (κ2) is 7.46. The third-order valence-corrected chi connectivity index (χ3v) is 2.14. The molecule has 1 rings (SSSR count). The van der Waals surface area contributed by atoms with Gasteiger partial charge in [0.15, 0.2) is 0 Å². The number of aliphatic hydroxyl groups is 2. The third-order valence-electron chi connectivity index (χ3n) is 1.91. The van der Waals surface area contributed by atoms with Gasteiger partial charge in [0, 0.05) is 18.1 Å². The molecule has 90 valence electrons. The van der Waals surface area contributed by atoms with Crippen LogP contribution < -0.4 is 10.1 Å². The number of halogens is 1. The summed E-state index contributed by atoms with van der Waals surface area (Å²) in [4.78, 5) is 0. The SMILES string of the molecule is OCCNCC(O)COc1cccc(Cl)c1. The summed E-state index contributed by atoms with van der Waals surface area (Å²) in [5, 5.41) is 21.5. The lowest BCUT2D eigenvalue weighted by atomic mass is 10.3. The van der Waals surface area contributed by atoms with Gasteiger partial charge in [-0.25, -0.2) is 0 Å². The molecule has 0 amide bonds. The first-order valence-corrected chi connectivity index (χ1v) is 5.48. The largest absolute Gasteiger partial charge is 0.491 e. The molecule has 0 radical (unpaired) electrons. The van der Waals surface area contributed by atoms with Crippen LogP contribution >= 0.6 is 11.6 Å². The van der Waals surface area contributed by atoms with Gasteiger partial charge in [-0.3, -0.25) is 0 Å². The quantitative estimate of drug-likeness (QED) is 0.618. The second-order valence-electron chi connectivity index (χ2n) is 3.35. The molecule has 0 aliphatic rings. The van der Waals surface area contributed by atoms with Crippen molar-refractivity contribution in [1.82, 2.24) is 5.32 Å². The molecule has 0 saturated carbocycles. The van der Waals surface area contributed by atoms with Crippen LogP contribution in [0.1, 0.15) is 0 Å². The van der Waals surface area contributed by atoms with Crippen molar-refractivity contribution in [3.05, 3.63) is 29.3 Å². The molecule has 0 spiro atoms. The highest BCUT2D eigenvalue weighted by molar-refractivity contribution is 6.30. The Hall–Kier alpha value is -0.810. The van der Waals surface area contributed by atoms with Gasteiger partial charge in [-0.1, -0.05) is 17.7 Å². The summed E-state index contributed by atoms with van der Waals surface area (Å²) >= 11 is 5.78. The Bertz CT molecular complexity index is 309. The van der Waals surface area contributed by atoms with Gasteiger partial charge in [-0.2, -0.15) is 0 Å². The number of hydrogen-bond acceptors (Lipinski definition) is 4. The lowest BCUT2D eigenvalue weighted by molar-refractivity contribution is 0.105. The van der Waals surface area contributed by atoms with E-state index in [9.17, 15) is 5.11 Å². The maximum Gasteiger partial charge on any atom is 0.120 e. The van der Waals surface area contributed by atoms with E-state index in [0.717, 1.165) is 0 Å². The summed E-state index contributed by atoms with van der Waals surface area (Å²) < 4.78 is 5.34. The minimum atomic E-state index is -0.606. The number of ether oxygens (including phenoxy) is 1. The molecule has 0 aliphatic carbocycles. The first kappa shape index (κ1) is 13.3. The van der Waals surface area contributed by atoms with Gasteiger partial charge in [-0.05, 0) is 18.2 Å². The molecule has 0 bridgehead atoms. The Labute approximate surface area is 99.8 Å². The summed E-state index contributed by atoms with van der Waals surface area (Å²) in [6.45, 7) is 1.11. The van der Waals surface area contributed by atoms with Crippen molar-refractivity contribution in [2.75, 3.05) is 26.3 Å². The predicted octanol–water partition coefficient (Wildman–Crippen LogP) is 0.662. The Morgan fingerprint density at radius 1 is 1.44 bits per heavy atom. The molecule has 4 nitrogen and oxygen atoms in total. The van der Waals surface area contributed by atoms with Gasteiger partial charge in [0.1, 0.15) is 18.5 Å². The van der Waals surface area contributed by atoms with E-state index >= 15 is 0 Å². The molecular formula is C11H16ClNO3. The summed E-state index contributed by atoms with van der Waals surface area (Å²) in [6.07, 6.45) is -0.606. The van der Waals surface area contributed by atoms with Gasteiger partial charge in [0.25, 0.3) is 0 Å². The lowest BCUT2D eigenvalue weighted by Crippen LogP contribution is -2.32. The average molecular weight is 246 g/mol. The zero-order chi connectivity index (χ0) is 11.8. The second-order valence-corrected chi connectivity index (χ2v) is 3.79. The molecule has 16 heavy (non-hydrogen) atoms. The monoisotopic (exact) mass is 245 g/mol. The van der Waals surface area contributed by atoms with Crippen LogP contribution in [0.25, 0.3) is 0 Å². The fourth-order valence-electron chi connectivity index (χ4n) is 1.16. The molecule has 1 atom stereocenters. The van der Waals surface area contributed by atoms with Crippen molar-refractivity contribution in [2.24, 2.45) is 0 Å². The van der Waals surface area contributed by atoms with Crippen molar-refractivity contribution in [2.45, 2.75) is 6.10 Å². The molecule has 0 heterocycles. The van der Waals surface area contributed by atoms with Crippen molar-refractivity contribution in [3.63, 3.8) is 0 Å². The fourth-order valence-corrected chi connectivity index (χ4v) is 1.34.